The first-order valence-electron chi connectivity index (χ1n) is 12.9. The lowest BCUT2D eigenvalue weighted by Gasteiger charge is -2.33. The topological polar surface area (TPSA) is 86.8 Å². The Kier molecular flexibility index (Phi) is 10.2. The second kappa shape index (κ2) is 13.1. The maximum absolute atomic E-state index is 14.0. The SMILES string of the molecule is CC[C@@H](C(=O)NC(C)C)N(Cc1ccc(C)cc1)C(=O)CN(c1cccc(C)c1)S(=O)(=O)c1ccc(Cl)cc1. The summed E-state index contributed by atoms with van der Waals surface area (Å²) in [5.74, 6) is -0.768. The molecule has 0 aliphatic rings. The van der Waals surface area contributed by atoms with E-state index in [0.717, 1.165) is 21.0 Å². The number of aryl methyl sites for hydroxylation is 2. The van der Waals surface area contributed by atoms with Crippen LogP contribution in [0.4, 0.5) is 5.69 Å². The van der Waals surface area contributed by atoms with Crippen molar-refractivity contribution in [2.24, 2.45) is 0 Å². The zero-order valence-electron chi connectivity index (χ0n) is 23.0. The number of benzene rings is 3. The fourth-order valence-corrected chi connectivity index (χ4v) is 5.77. The molecule has 0 bridgehead atoms. The van der Waals surface area contributed by atoms with Gasteiger partial charge in [0.25, 0.3) is 10.0 Å². The first kappa shape index (κ1) is 30.2. The van der Waals surface area contributed by atoms with E-state index in [1.165, 1.54) is 29.2 Å². The van der Waals surface area contributed by atoms with Gasteiger partial charge >= 0.3 is 0 Å². The molecule has 208 valence electrons. The third kappa shape index (κ3) is 7.83. The van der Waals surface area contributed by atoms with E-state index in [-0.39, 0.29) is 23.4 Å². The van der Waals surface area contributed by atoms with Crippen molar-refractivity contribution < 1.29 is 18.0 Å². The molecule has 0 spiro atoms. The first-order chi connectivity index (χ1) is 18.4. The van der Waals surface area contributed by atoms with Crippen LogP contribution in [0, 0.1) is 13.8 Å². The molecule has 39 heavy (non-hydrogen) atoms. The van der Waals surface area contributed by atoms with E-state index in [2.05, 4.69) is 5.32 Å². The number of rotatable bonds is 11. The summed E-state index contributed by atoms with van der Waals surface area (Å²) in [7, 11) is -4.14. The van der Waals surface area contributed by atoms with Gasteiger partial charge < -0.3 is 10.2 Å². The largest absolute Gasteiger partial charge is 0.352 e. The minimum atomic E-state index is -4.14. The van der Waals surface area contributed by atoms with Crippen LogP contribution in [0.2, 0.25) is 5.02 Å². The van der Waals surface area contributed by atoms with Crippen LogP contribution in [0.1, 0.15) is 43.9 Å². The van der Waals surface area contributed by atoms with E-state index < -0.39 is 28.5 Å². The normalized spacial score (nSPS) is 12.2. The average Bonchev–Trinajstić information content (AvgIpc) is 2.88. The quantitative estimate of drug-likeness (QED) is 0.331. The van der Waals surface area contributed by atoms with Crippen LogP contribution in [0.3, 0.4) is 0 Å². The molecule has 3 aromatic rings. The zero-order valence-corrected chi connectivity index (χ0v) is 24.6. The number of carbonyl (C=O) groups excluding carboxylic acids is 2. The number of nitrogens with zero attached hydrogens (tertiary/aromatic N) is 2. The van der Waals surface area contributed by atoms with Gasteiger partial charge in [0, 0.05) is 17.6 Å². The van der Waals surface area contributed by atoms with Crippen LogP contribution in [0.5, 0.6) is 0 Å². The van der Waals surface area contributed by atoms with E-state index in [1.54, 1.807) is 18.2 Å². The molecule has 1 atom stereocenters. The highest BCUT2D eigenvalue weighted by Gasteiger charge is 2.33. The number of amides is 2. The molecule has 0 radical (unpaired) electrons. The number of hydrogen-bond acceptors (Lipinski definition) is 4. The van der Waals surface area contributed by atoms with E-state index >= 15 is 0 Å². The summed E-state index contributed by atoms with van der Waals surface area (Å²) in [5, 5.41) is 3.30. The maximum Gasteiger partial charge on any atom is 0.264 e. The Morgan fingerprint density at radius 2 is 1.56 bits per heavy atom. The van der Waals surface area contributed by atoms with Crippen molar-refractivity contribution in [2.45, 2.75) is 64.6 Å². The Hall–Kier alpha value is -3.36. The number of carbonyl (C=O) groups is 2. The van der Waals surface area contributed by atoms with Gasteiger partial charge in [0.2, 0.25) is 11.8 Å². The van der Waals surface area contributed by atoms with Crippen molar-refractivity contribution >= 4 is 39.1 Å². The Balaban J connectivity index is 2.06. The van der Waals surface area contributed by atoms with E-state index in [9.17, 15) is 18.0 Å². The third-order valence-corrected chi connectivity index (χ3v) is 8.30. The van der Waals surface area contributed by atoms with Gasteiger partial charge in [-0.25, -0.2) is 8.42 Å². The van der Waals surface area contributed by atoms with Crippen LogP contribution >= 0.6 is 11.6 Å². The predicted molar refractivity (Wildman–Crippen MR) is 156 cm³/mol. The summed E-state index contributed by atoms with van der Waals surface area (Å²) in [6, 6.07) is 19.6. The molecule has 1 N–H and O–H groups in total. The van der Waals surface area contributed by atoms with Gasteiger partial charge in [0.1, 0.15) is 12.6 Å². The first-order valence-corrected chi connectivity index (χ1v) is 14.7. The highest BCUT2D eigenvalue weighted by Crippen LogP contribution is 2.26. The maximum atomic E-state index is 14.0. The highest BCUT2D eigenvalue weighted by molar-refractivity contribution is 7.92. The lowest BCUT2D eigenvalue weighted by Crippen LogP contribution is -2.53. The molecule has 2 amide bonds. The van der Waals surface area contributed by atoms with Crippen molar-refractivity contribution in [2.75, 3.05) is 10.8 Å². The molecule has 0 aliphatic carbocycles. The number of hydrogen-bond donors (Lipinski definition) is 1. The number of sulfonamides is 1. The van der Waals surface area contributed by atoms with Gasteiger partial charge in [-0.15, -0.1) is 0 Å². The smallest absolute Gasteiger partial charge is 0.264 e. The minimum absolute atomic E-state index is 0.0101. The predicted octanol–water partition coefficient (Wildman–Crippen LogP) is 5.48. The van der Waals surface area contributed by atoms with Crippen molar-refractivity contribution in [3.63, 3.8) is 0 Å². The Morgan fingerprint density at radius 3 is 2.13 bits per heavy atom. The van der Waals surface area contributed by atoms with Crippen LogP contribution in [-0.2, 0) is 26.2 Å². The number of nitrogens with one attached hydrogen (secondary N) is 1. The fourth-order valence-electron chi connectivity index (χ4n) is 4.24. The van der Waals surface area contributed by atoms with Gasteiger partial charge in [0.15, 0.2) is 0 Å². The van der Waals surface area contributed by atoms with Crippen LogP contribution in [-0.4, -0.2) is 43.8 Å². The second-order valence-electron chi connectivity index (χ2n) is 9.90. The van der Waals surface area contributed by atoms with Gasteiger partial charge in [-0.3, -0.25) is 13.9 Å². The van der Waals surface area contributed by atoms with E-state index in [1.807, 2.05) is 65.0 Å². The average molecular weight is 570 g/mol. The number of anilines is 1. The van der Waals surface area contributed by atoms with E-state index in [4.69, 9.17) is 11.6 Å². The molecule has 3 aromatic carbocycles. The van der Waals surface area contributed by atoms with Crippen molar-refractivity contribution in [1.82, 2.24) is 10.2 Å². The number of halogens is 1. The van der Waals surface area contributed by atoms with Gasteiger partial charge in [0.05, 0.1) is 10.6 Å². The van der Waals surface area contributed by atoms with Gasteiger partial charge in [-0.05, 0) is 81.6 Å². The molecule has 9 heteroatoms. The molecule has 0 saturated heterocycles. The minimum Gasteiger partial charge on any atom is -0.352 e. The Morgan fingerprint density at radius 1 is 0.923 bits per heavy atom. The molecule has 0 unspecified atom stereocenters. The monoisotopic (exact) mass is 569 g/mol. The molecular formula is C30H36ClN3O4S. The molecule has 7 nitrogen and oxygen atoms in total. The summed E-state index contributed by atoms with van der Waals surface area (Å²) in [5.41, 5.74) is 3.11. The van der Waals surface area contributed by atoms with Gasteiger partial charge in [-0.1, -0.05) is 60.5 Å². The lowest BCUT2D eigenvalue weighted by atomic mass is 10.1. The summed E-state index contributed by atoms with van der Waals surface area (Å²) < 4.78 is 28.8. The highest BCUT2D eigenvalue weighted by atomic mass is 35.5. The van der Waals surface area contributed by atoms with Gasteiger partial charge in [-0.2, -0.15) is 0 Å². The third-order valence-electron chi connectivity index (χ3n) is 6.26. The lowest BCUT2D eigenvalue weighted by molar-refractivity contribution is -0.140. The van der Waals surface area contributed by atoms with E-state index in [0.29, 0.717) is 17.1 Å². The summed E-state index contributed by atoms with van der Waals surface area (Å²) >= 11 is 6.00. The van der Waals surface area contributed by atoms with Crippen LogP contribution < -0.4 is 9.62 Å². The molecular weight excluding hydrogens is 534 g/mol. The zero-order chi connectivity index (χ0) is 28.7. The second-order valence-corrected chi connectivity index (χ2v) is 12.2. The summed E-state index contributed by atoms with van der Waals surface area (Å²) in [4.78, 5) is 28.7. The molecule has 0 heterocycles. The standard InChI is InChI=1S/C30H36ClN3O4S/c1-6-28(30(36)32-21(2)3)33(19-24-12-10-22(4)11-13-24)29(35)20-34(26-9-7-8-23(5)18-26)39(37,38)27-16-14-25(31)15-17-27/h7-18,21,28H,6,19-20H2,1-5H3,(H,32,36)/t28-/m0/s1. The summed E-state index contributed by atoms with van der Waals surface area (Å²) in [6.45, 7) is 9.05. The molecule has 0 aliphatic heterocycles. The van der Waals surface area contributed by atoms with Crippen molar-refractivity contribution in [3.8, 4) is 0 Å². The molecule has 0 aromatic heterocycles. The van der Waals surface area contributed by atoms with Crippen molar-refractivity contribution in [3.05, 3.63) is 94.5 Å². The molecule has 0 saturated carbocycles. The molecule has 0 fully saturated rings. The van der Waals surface area contributed by atoms with Crippen LogP contribution in [0.15, 0.2) is 77.7 Å². The Bertz CT molecular complexity index is 1390. The summed E-state index contributed by atoms with van der Waals surface area (Å²) in [6.07, 6.45) is 0.366. The molecule has 3 rings (SSSR count). The van der Waals surface area contributed by atoms with Crippen LogP contribution in [0.25, 0.3) is 0 Å². The fraction of sp³-hybridized carbons (Fsp3) is 0.333. The Labute approximate surface area is 236 Å². The van der Waals surface area contributed by atoms with Crippen molar-refractivity contribution in [1.29, 1.82) is 0 Å².